The van der Waals surface area contributed by atoms with Gasteiger partial charge in [0, 0.05) is 13.0 Å². The first-order valence-corrected chi connectivity index (χ1v) is 10.4. The van der Waals surface area contributed by atoms with Gasteiger partial charge in [-0.2, -0.15) is 0 Å². The summed E-state index contributed by atoms with van der Waals surface area (Å²) in [6, 6.07) is 8.19. The van der Waals surface area contributed by atoms with Crippen LogP contribution in [0.25, 0.3) is 0 Å². The molecule has 0 radical (unpaired) electrons. The molecular weight excluding hydrogens is 380 g/mol. The minimum absolute atomic E-state index is 0.0000641. The van der Waals surface area contributed by atoms with Gasteiger partial charge in [0.2, 0.25) is 5.91 Å². The minimum atomic E-state index is -3.81. The molecule has 1 aliphatic rings. The Morgan fingerprint density at radius 3 is 2.32 bits per heavy atom. The first-order chi connectivity index (χ1) is 13.3. The lowest BCUT2D eigenvalue weighted by Crippen LogP contribution is -2.24. The molecule has 0 aromatic heterocycles. The van der Waals surface area contributed by atoms with Gasteiger partial charge in [0.25, 0.3) is 10.0 Å². The van der Waals surface area contributed by atoms with Gasteiger partial charge in [-0.15, -0.1) is 0 Å². The number of rotatable bonds is 6. The maximum absolute atomic E-state index is 13.0. The van der Waals surface area contributed by atoms with Gasteiger partial charge in [0.1, 0.15) is 11.5 Å². The van der Waals surface area contributed by atoms with E-state index in [2.05, 4.69) is 4.72 Å². The topological polar surface area (TPSA) is 84.9 Å². The molecule has 2 aromatic rings. The summed E-state index contributed by atoms with van der Waals surface area (Å²) in [5.74, 6) is 1.16. The van der Waals surface area contributed by atoms with E-state index < -0.39 is 10.0 Å². The molecule has 0 bridgehead atoms. The third-order valence-electron chi connectivity index (χ3n) is 4.78. The van der Waals surface area contributed by atoms with Crippen molar-refractivity contribution >= 4 is 27.3 Å². The summed E-state index contributed by atoms with van der Waals surface area (Å²) < 4.78 is 39.1. The molecule has 1 amide bonds. The standard InChI is InChI=1S/C20H24N2O5S/c1-13-11-19(14(2)10-18(13)27-4)28(24,25)21-15-7-8-17(26-3)16(12-15)22-9-5-6-20(22)23/h7-8,10-12,21H,5-6,9H2,1-4H3. The van der Waals surface area contributed by atoms with E-state index in [1.54, 1.807) is 56.2 Å². The number of benzene rings is 2. The Bertz CT molecular complexity index is 1020. The lowest BCUT2D eigenvalue weighted by Gasteiger charge is -2.20. The zero-order valence-electron chi connectivity index (χ0n) is 16.4. The molecular formula is C20H24N2O5S. The normalized spacial score (nSPS) is 14.3. The van der Waals surface area contributed by atoms with Crippen LogP contribution >= 0.6 is 0 Å². The fraction of sp³-hybridized carbons (Fsp3) is 0.350. The number of aryl methyl sites for hydroxylation is 2. The van der Waals surface area contributed by atoms with Gasteiger partial charge in [-0.25, -0.2) is 8.42 Å². The molecule has 7 nitrogen and oxygen atoms in total. The van der Waals surface area contributed by atoms with Crippen LogP contribution < -0.4 is 19.1 Å². The van der Waals surface area contributed by atoms with Crippen LogP contribution in [-0.4, -0.2) is 35.1 Å². The summed E-state index contributed by atoms with van der Waals surface area (Å²) in [6.45, 7) is 4.10. The fourth-order valence-electron chi connectivity index (χ4n) is 3.35. The first kappa shape index (κ1) is 20.0. The summed E-state index contributed by atoms with van der Waals surface area (Å²) in [4.78, 5) is 13.9. The van der Waals surface area contributed by atoms with Gasteiger partial charge < -0.3 is 14.4 Å². The first-order valence-electron chi connectivity index (χ1n) is 8.93. The molecule has 0 saturated carbocycles. The summed E-state index contributed by atoms with van der Waals surface area (Å²) >= 11 is 0. The van der Waals surface area contributed by atoms with Crippen molar-refractivity contribution in [1.82, 2.24) is 0 Å². The average molecular weight is 404 g/mol. The molecule has 3 rings (SSSR count). The average Bonchev–Trinajstić information content (AvgIpc) is 3.08. The van der Waals surface area contributed by atoms with Crippen molar-refractivity contribution in [2.24, 2.45) is 0 Å². The van der Waals surface area contributed by atoms with Crippen molar-refractivity contribution in [1.29, 1.82) is 0 Å². The summed E-state index contributed by atoms with van der Waals surface area (Å²) in [5.41, 5.74) is 2.24. The molecule has 8 heteroatoms. The fourth-order valence-corrected chi connectivity index (χ4v) is 4.71. The van der Waals surface area contributed by atoms with Crippen LogP contribution in [0, 0.1) is 13.8 Å². The lowest BCUT2D eigenvalue weighted by atomic mass is 10.1. The smallest absolute Gasteiger partial charge is 0.262 e. The van der Waals surface area contributed by atoms with Crippen LogP contribution in [0.2, 0.25) is 0 Å². The maximum Gasteiger partial charge on any atom is 0.262 e. The van der Waals surface area contributed by atoms with Crippen molar-refractivity contribution in [3.8, 4) is 11.5 Å². The second kappa shape index (κ2) is 7.71. The van der Waals surface area contributed by atoms with Crippen LogP contribution in [0.4, 0.5) is 11.4 Å². The largest absolute Gasteiger partial charge is 0.496 e. The molecule has 0 aliphatic carbocycles. The van der Waals surface area contributed by atoms with E-state index in [1.807, 2.05) is 0 Å². The summed E-state index contributed by atoms with van der Waals surface area (Å²) in [7, 11) is -0.746. The van der Waals surface area contributed by atoms with Crippen molar-refractivity contribution < 1.29 is 22.7 Å². The number of sulfonamides is 1. The van der Waals surface area contributed by atoms with Crippen LogP contribution in [0.15, 0.2) is 35.2 Å². The number of hydrogen-bond donors (Lipinski definition) is 1. The second-order valence-electron chi connectivity index (χ2n) is 6.73. The van der Waals surface area contributed by atoms with Crippen molar-refractivity contribution in [2.75, 3.05) is 30.4 Å². The number of ether oxygens (including phenoxy) is 2. The number of anilines is 2. The minimum Gasteiger partial charge on any atom is -0.496 e. The highest BCUT2D eigenvalue weighted by Crippen LogP contribution is 2.35. The Hall–Kier alpha value is -2.74. The van der Waals surface area contributed by atoms with E-state index in [9.17, 15) is 13.2 Å². The highest BCUT2D eigenvalue weighted by Gasteiger charge is 2.26. The van der Waals surface area contributed by atoms with Crippen molar-refractivity contribution in [3.63, 3.8) is 0 Å². The van der Waals surface area contributed by atoms with Crippen LogP contribution in [-0.2, 0) is 14.8 Å². The van der Waals surface area contributed by atoms with Crippen LogP contribution in [0.1, 0.15) is 24.0 Å². The molecule has 1 fully saturated rings. The van der Waals surface area contributed by atoms with Gasteiger partial charge in [0.05, 0.1) is 30.5 Å². The van der Waals surface area contributed by atoms with E-state index in [1.165, 1.54) is 7.11 Å². The molecule has 150 valence electrons. The third kappa shape index (κ3) is 3.77. The van der Waals surface area contributed by atoms with E-state index in [0.717, 1.165) is 12.0 Å². The monoisotopic (exact) mass is 404 g/mol. The molecule has 2 aromatic carbocycles. The molecule has 1 aliphatic heterocycles. The van der Waals surface area contributed by atoms with E-state index in [0.29, 0.717) is 41.4 Å². The molecule has 1 heterocycles. The summed E-state index contributed by atoms with van der Waals surface area (Å²) in [6.07, 6.45) is 1.24. The third-order valence-corrected chi connectivity index (χ3v) is 6.30. The molecule has 1 saturated heterocycles. The van der Waals surface area contributed by atoms with Crippen molar-refractivity contribution in [3.05, 3.63) is 41.5 Å². The lowest BCUT2D eigenvalue weighted by molar-refractivity contribution is -0.117. The molecule has 0 spiro atoms. The zero-order chi connectivity index (χ0) is 20.5. The number of nitrogens with one attached hydrogen (secondary N) is 1. The second-order valence-corrected chi connectivity index (χ2v) is 8.38. The maximum atomic E-state index is 13.0. The van der Waals surface area contributed by atoms with Gasteiger partial charge in [0.15, 0.2) is 0 Å². The van der Waals surface area contributed by atoms with E-state index >= 15 is 0 Å². The zero-order valence-corrected chi connectivity index (χ0v) is 17.2. The predicted molar refractivity (Wildman–Crippen MR) is 108 cm³/mol. The predicted octanol–water partition coefficient (Wildman–Crippen LogP) is 3.25. The quantitative estimate of drug-likeness (QED) is 0.799. The van der Waals surface area contributed by atoms with E-state index in [4.69, 9.17) is 9.47 Å². The highest BCUT2D eigenvalue weighted by atomic mass is 32.2. The van der Waals surface area contributed by atoms with Gasteiger partial charge in [-0.05, 0) is 61.7 Å². The van der Waals surface area contributed by atoms with Crippen LogP contribution in [0.3, 0.4) is 0 Å². The highest BCUT2D eigenvalue weighted by molar-refractivity contribution is 7.92. The summed E-state index contributed by atoms with van der Waals surface area (Å²) in [5, 5.41) is 0. The number of amides is 1. The number of methoxy groups -OCH3 is 2. The van der Waals surface area contributed by atoms with Crippen molar-refractivity contribution in [2.45, 2.75) is 31.6 Å². The Balaban J connectivity index is 1.97. The van der Waals surface area contributed by atoms with E-state index in [-0.39, 0.29) is 10.8 Å². The molecule has 0 atom stereocenters. The van der Waals surface area contributed by atoms with Gasteiger partial charge in [-0.3, -0.25) is 9.52 Å². The number of carbonyl (C=O) groups excluding carboxylic acids is 1. The van der Waals surface area contributed by atoms with Gasteiger partial charge in [-0.1, -0.05) is 0 Å². The number of hydrogen-bond acceptors (Lipinski definition) is 5. The molecule has 0 unspecified atom stereocenters. The molecule has 1 N–H and O–H groups in total. The SMILES string of the molecule is COc1cc(C)c(S(=O)(=O)Nc2ccc(OC)c(N3CCCC3=O)c2)cc1C. The molecule has 28 heavy (non-hydrogen) atoms. The Labute approximate surface area is 165 Å². The number of carbonyl (C=O) groups is 1. The van der Waals surface area contributed by atoms with Crippen LogP contribution in [0.5, 0.6) is 11.5 Å². The number of nitrogens with zero attached hydrogens (tertiary/aromatic N) is 1. The Morgan fingerprint density at radius 2 is 1.71 bits per heavy atom. The Kier molecular flexibility index (Phi) is 5.51. The van der Waals surface area contributed by atoms with Gasteiger partial charge >= 0.3 is 0 Å². The Morgan fingerprint density at radius 1 is 1.00 bits per heavy atom.